The summed E-state index contributed by atoms with van der Waals surface area (Å²) in [4.78, 5) is 15.3. The second-order valence-corrected chi connectivity index (χ2v) is 10.2. The molecule has 6 rings (SSSR count). The molecule has 3 aromatic heterocycles. The van der Waals surface area contributed by atoms with E-state index in [1.54, 1.807) is 12.1 Å². The van der Waals surface area contributed by atoms with E-state index >= 15 is 0 Å². The molecule has 0 radical (unpaired) electrons. The van der Waals surface area contributed by atoms with Crippen LogP contribution in [0.4, 0.5) is 8.78 Å². The van der Waals surface area contributed by atoms with Crippen molar-refractivity contribution in [3.63, 3.8) is 0 Å². The number of benzene rings is 2. The first kappa shape index (κ1) is 22.7. The normalized spacial score (nSPS) is 18.3. The molecule has 0 amide bonds. The molecule has 186 valence electrons. The van der Waals surface area contributed by atoms with Gasteiger partial charge in [-0.15, -0.1) is 0 Å². The van der Waals surface area contributed by atoms with Crippen LogP contribution in [0.25, 0.3) is 38.9 Å². The fraction of sp³-hybridized carbons (Fsp3) is 0.333. The van der Waals surface area contributed by atoms with Crippen molar-refractivity contribution in [3.05, 3.63) is 70.9 Å². The highest BCUT2D eigenvalue weighted by atomic mass is 19.1. The first-order chi connectivity index (χ1) is 17.3. The number of fused-ring (bicyclic) bond motifs is 2. The Labute approximate surface area is 206 Å². The van der Waals surface area contributed by atoms with E-state index in [4.69, 9.17) is 0 Å². The van der Waals surface area contributed by atoms with Gasteiger partial charge >= 0.3 is 5.69 Å². The molecule has 2 unspecified atom stereocenters. The zero-order valence-electron chi connectivity index (χ0n) is 20.5. The number of nitrogens with zero attached hydrogens (tertiary/aromatic N) is 5. The first-order valence-electron chi connectivity index (χ1n) is 12.2. The lowest BCUT2D eigenvalue weighted by atomic mass is 10.1. The van der Waals surface area contributed by atoms with Gasteiger partial charge in [0.25, 0.3) is 0 Å². The molecule has 2 atom stereocenters. The van der Waals surface area contributed by atoms with E-state index in [1.165, 1.54) is 28.8 Å². The van der Waals surface area contributed by atoms with Crippen LogP contribution in [0, 0.1) is 17.6 Å². The number of halogens is 2. The second-order valence-electron chi connectivity index (χ2n) is 10.2. The minimum absolute atomic E-state index is 0.259. The van der Waals surface area contributed by atoms with E-state index in [1.807, 2.05) is 24.0 Å². The summed E-state index contributed by atoms with van der Waals surface area (Å²) in [5.74, 6) is 0.204. The van der Waals surface area contributed by atoms with Gasteiger partial charge in [0, 0.05) is 53.9 Å². The Hall–Kier alpha value is -3.72. The fourth-order valence-corrected chi connectivity index (χ4v) is 5.92. The third kappa shape index (κ3) is 3.65. The van der Waals surface area contributed by atoms with Gasteiger partial charge in [-0.3, -0.25) is 0 Å². The Kier molecular flexibility index (Phi) is 5.33. The molecule has 5 aromatic rings. The van der Waals surface area contributed by atoms with E-state index in [9.17, 15) is 13.6 Å². The van der Waals surface area contributed by atoms with Gasteiger partial charge < -0.3 is 14.0 Å². The van der Waals surface area contributed by atoms with E-state index in [0.717, 1.165) is 36.8 Å². The van der Waals surface area contributed by atoms with Crippen LogP contribution in [0.15, 0.2) is 53.6 Å². The summed E-state index contributed by atoms with van der Waals surface area (Å²) in [5, 5.41) is 8.16. The Morgan fingerprint density at radius 1 is 1.03 bits per heavy atom. The maximum Gasteiger partial charge on any atom is 0.348 e. The van der Waals surface area contributed by atoms with Crippen LogP contribution >= 0.6 is 0 Å². The summed E-state index contributed by atoms with van der Waals surface area (Å²) in [5.41, 5.74) is 2.44. The van der Waals surface area contributed by atoms with Gasteiger partial charge in [-0.1, -0.05) is 0 Å². The van der Waals surface area contributed by atoms with Crippen molar-refractivity contribution >= 4 is 21.8 Å². The predicted molar refractivity (Wildman–Crippen MR) is 136 cm³/mol. The molecule has 1 N–H and O–H groups in total. The molecule has 0 spiro atoms. The van der Waals surface area contributed by atoms with Gasteiger partial charge in [-0.25, -0.2) is 23.2 Å². The number of hydrogen-bond donors (Lipinski definition) is 1. The maximum absolute atomic E-state index is 14.5. The van der Waals surface area contributed by atoms with Crippen molar-refractivity contribution in [3.8, 4) is 17.1 Å². The quantitative estimate of drug-likeness (QED) is 0.383. The number of aromatic amines is 1. The number of aromatic nitrogens is 5. The van der Waals surface area contributed by atoms with E-state index < -0.39 is 5.69 Å². The highest BCUT2D eigenvalue weighted by Gasteiger charge is 2.29. The molecule has 9 heteroatoms. The summed E-state index contributed by atoms with van der Waals surface area (Å²) >= 11 is 0. The van der Waals surface area contributed by atoms with Crippen molar-refractivity contribution < 1.29 is 8.78 Å². The van der Waals surface area contributed by atoms with E-state index in [2.05, 4.69) is 33.8 Å². The molecule has 0 saturated heterocycles. The molecule has 1 aliphatic carbocycles. The lowest BCUT2D eigenvalue weighted by Gasteiger charge is -2.17. The third-order valence-corrected chi connectivity index (χ3v) is 7.41. The highest BCUT2D eigenvalue weighted by Crippen LogP contribution is 2.39. The molecule has 1 aliphatic rings. The lowest BCUT2D eigenvalue weighted by molar-refractivity contribution is 0.322. The molecule has 0 bridgehead atoms. The van der Waals surface area contributed by atoms with Crippen molar-refractivity contribution in [2.24, 2.45) is 13.0 Å². The maximum atomic E-state index is 14.5. The Morgan fingerprint density at radius 3 is 2.50 bits per heavy atom. The first-order valence-corrected chi connectivity index (χ1v) is 12.2. The minimum Gasteiger partial charge on any atom is -0.350 e. The van der Waals surface area contributed by atoms with Gasteiger partial charge in [0.15, 0.2) is 5.82 Å². The Balaban J connectivity index is 1.53. The van der Waals surface area contributed by atoms with Crippen molar-refractivity contribution in [2.45, 2.75) is 25.3 Å². The van der Waals surface area contributed by atoms with Crippen LogP contribution in [0.1, 0.15) is 25.3 Å². The number of rotatable bonds is 5. The van der Waals surface area contributed by atoms with Crippen molar-refractivity contribution in [1.29, 1.82) is 0 Å². The summed E-state index contributed by atoms with van der Waals surface area (Å²) in [7, 11) is 6.04. The smallest absolute Gasteiger partial charge is 0.348 e. The topological polar surface area (TPSA) is 63.8 Å². The number of hydrogen-bond acceptors (Lipinski definition) is 3. The molecular weight excluding hydrogens is 462 g/mol. The van der Waals surface area contributed by atoms with Crippen LogP contribution in [-0.4, -0.2) is 49.4 Å². The van der Waals surface area contributed by atoms with Gasteiger partial charge in [0.05, 0.1) is 11.2 Å². The van der Waals surface area contributed by atoms with E-state index in [0.29, 0.717) is 33.8 Å². The fourth-order valence-electron chi connectivity index (χ4n) is 5.92. The summed E-state index contributed by atoms with van der Waals surface area (Å²) in [6.45, 7) is 1.03. The molecule has 7 nitrogen and oxygen atoms in total. The average molecular weight is 491 g/mol. The van der Waals surface area contributed by atoms with Crippen LogP contribution in [0.2, 0.25) is 0 Å². The van der Waals surface area contributed by atoms with Crippen LogP contribution in [0.5, 0.6) is 0 Å². The van der Waals surface area contributed by atoms with Crippen LogP contribution in [0.3, 0.4) is 0 Å². The minimum atomic E-state index is -0.432. The largest absolute Gasteiger partial charge is 0.350 e. The van der Waals surface area contributed by atoms with Gasteiger partial charge in [-0.2, -0.15) is 5.10 Å². The second kappa shape index (κ2) is 8.44. The molecule has 2 aromatic carbocycles. The molecule has 3 heterocycles. The third-order valence-electron chi connectivity index (χ3n) is 7.41. The zero-order chi connectivity index (χ0) is 25.1. The van der Waals surface area contributed by atoms with Gasteiger partial charge in [0.1, 0.15) is 11.6 Å². The predicted octanol–water partition coefficient (Wildman–Crippen LogP) is 4.86. The number of H-pyrrole nitrogens is 1. The monoisotopic (exact) mass is 490 g/mol. The standard InChI is InChI=1S/C27H28F2N6O/c1-32(2)13-16-4-7-19(10-16)34-15-25(21-12-18(29)6-9-24(21)34)35-26(30-31-27(35)36)22-14-33(3)23-8-5-17(28)11-20(22)23/h5-6,8-9,11-12,14-16,19H,4,7,10,13H2,1-3H3,(H,31,36). The zero-order valence-corrected chi connectivity index (χ0v) is 20.5. The van der Waals surface area contributed by atoms with Gasteiger partial charge in [0.2, 0.25) is 0 Å². The van der Waals surface area contributed by atoms with Crippen LogP contribution in [-0.2, 0) is 7.05 Å². The molecule has 1 fully saturated rings. The molecular formula is C27H28F2N6O. The molecule has 0 aliphatic heterocycles. The lowest BCUT2D eigenvalue weighted by Crippen LogP contribution is -2.20. The SMILES string of the molecule is CN(C)CC1CCC(n2cc(-n3c(-c4cn(C)c5ccc(F)cc45)n[nH]c3=O)c3cc(F)ccc32)C1. The van der Waals surface area contributed by atoms with Gasteiger partial charge in [-0.05, 0) is 75.7 Å². The summed E-state index contributed by atoms with van der Waals surface area (Å²) < 4.78 is 34.2. The molecule has 1 saturated carbocycles. The van der Waals surface area contributed by atoms with Crippen molar-refractivity contribution in [1.82, 2.24) is 28.8 Å². The molecule has 36 heavy (non-hydrogen) atoms. The van der Waals surface area contributed by atoms with Crippen molar-refractivity contribution in [2.75, 3.05) is 20.6 Å². The van der Waals surface area contributed by atoms with E-state index in [-0.39, 0.29) is 17.7 Å². The average Bonchev–Trinajstić information content (AvgIpc) is 3.58. The Morgan fingerprint density at radius 2 is 1.75 bits per heavy atom. The van der Waals surface area contributed by atoms with Crippen LogP contribution < -0.4 is 5.69 Å². The summed E-state index contributed by atoms with van der Waals surface area (Å²) in [6.07, 6.45) is 6.94. The highest BCUT2D eigenvalue weighted by molar-refractivity contribution is 5.96. The summed E-state index contributed by atoms with van der Waals surface area (Å²) in [6, 6.07) is 9.53. The number of aryl methyl sites for hydroxylation is 1. The number of nitrogens with one attached hydrogen (secondary N) is 1. The Bertz CT molecular complexity index is 1660.